The number of hydrogen-bond donors (Lipinski definition) is 1. The topological polar surface area (TPSA) is 12.0 Å². The smallest absolute Gasteiger partial charge is 0.379 e. The van der Waals surface area contributed by atoms with Crippen LogP contribution in [0.25, 0.3) is 0 Å². The predicted molar refractivity (Wildman–Crippen MR) is 77.6 cm³/mol. The monoisotopic (exact) mass is 319 g/mol. The largest absolute Gasteiger partial charge is 0.418 e. The van der Waals surface area contributed by atoms with Gasteiger partial charge in [-0.15, -0.1) is 11.3 Å². The van der Waals surface area contributed by atoms with Crippen molar-refractivity contribution in [3.05, 3.63) is 50.2 Å². The average molecular weight is 320 g/mol. The zero-order valence-corrected chi connectivity index (χ0v) is 12.5. The van der Waals surface area contributed by atoms with Crippen molar-refractivity contribution in [2.45, 2.75) is 26.6 Å². The Morgan fingerprint density at radius 3 is 2.50 bits per heavy atom. The molecule has 6 heteroatoms. The first-order valence-corrected chi connectivity index (χ1v) is 7.14. The Morgan fingerprint density at radius 2 is 1.95 bits per heavy atom. The van der Waals surface area contributed by atoms with Gasteiger partial charge in [0, 0.05) is 16.3 Å². The molecule has 0 atom stereocenters. The summed E-state index contributed by atoms with van der Waals surface area (Å²) in [5.41, 5.74) is 0.181. The van der Waals surface area contributed by atoms with Crippen LogP contribution in [0.2, 0.25) is 5.02 Å². The molecule has 0 saturated heterocycles. The minimum absolute atomic E-state index is 0.0649. The van der Waals surface area contributed by atoms with Crippen molar-refractivity contribution < 1.29 is 13.2 Å². The van der Waals surface area contributed by atoms with Crippen LogP contribution in [0.15, 0.2) is 24.3 Å². The number of rotatable bonds is 3. The Labute approximate surface area is 124 Å². The maximum Gasteiger partial charge on any atom is 0.418 e. The lowest BCUT2D eigenvalue weighted by Gasteiger charge is -2.15. The lowest BCUT2D eigenvalue weighted by atomic mass is 10.1. The van der Waals surface area contributed by atoms with Gasteiger partial charge >= 0.3 is 6.18 Å². The second-order valence-electron chi connectivity index (χ2n) is 4.45. The highest BCUT2D eigenvalue weighted by molar-refractivity contribution is 7.12. The molecule has 1 aromatic heterocycles. The van der Waals surface area contributed by atoms with Crippen molar-refractivity contribution in [2.75, 3.05) is 5.32 Å². The van der Waals surface area contributed by atoms with E-state index in [0.29, 0.717) is 6.54 Å². The zero-order valence-electron chi connectivity index (χ0n) is 10.9. The third-order valence-corrected chi connectivity index (χ3v) is 4.24. The lowest BCUT2D eigenvalue weighted by molar-refractivity contribution is -0.136. The van der Waals surface area contributed by atoms with Gasteiger partial charge in [0.05, 0.1) is 16.3 Å². The Kier molecular flexibility index (Phi) is 4.30. The van der Waals surface area contributed by atoms with Gasteiger partial charge in [-0.05, 0) is 37.6 Å². The van der Waals surface area contributed by atoms with Crippen molar-refractivity contribution in [3.8, 4) is 0 Å². The fourth-order valence-electron chi connectivity index (χ4n) is 1.98. The van der Waals surface area contributed by atoms with Crippen LogP contribution >= 0.6 is 22.9 Å². The average Bonchev–Trinajstić information content (AvgIpc) is 2.65. The van der Waals surface area contributed by atoms with Gasteiger partial charge in [0.1, 0.15) is 0 Å². The molecule has 2 rings (SSSR count). The molecule has 1 aromatic carbocycles. The molecule has 0 unspecified atom stereocenters. The summed E-state index contributed by atoms with van der Waals surface area (Å²) in [5.74, 6) is 0. The van der Waals surface area contributed by atoms with E-state index in [9.17, 15) is 13.2 Å². The SMILES string of the molecule is Cc1cc(CNc2c(Cl)cccc2C(F)(F)F)c(C)s1. The Balaban J connectivity index is 2.27. The molecule has 1 nitrogen and oxygen atoms in total. The van der Waals surface area contributed by atoms with E-state index < -0.39 is 11.7 Å². The number of aryl methyl sites for hydroxylation is 2. The number of thiophene rings is 1. The molecule has 20 heavy (non-hydrogen) atoms. The number of para-hydroxylation sites is 1. The van der Waals surface area contributed by atoms with Crippen LogP contribution in [0.5, 0.6) is 0 Å². The van der Waals surface area contributed by atoms with E-state index >= 15 is 0 Å². The highest BCUT2D eigenvalue weighted by Crippen LogP contribution is 2.38. The standard InChI is InChI=1S/C14H13ClF3NS/c1-8-6-10(9(2)20-8)7-19-13-11(14(16,17)18)4-3-5-12(13)15/h3-6,19H,7H2,1-2H3. The normalized spacial score (nSPS) is 11.7. The molecule has 0 fully saturated rings. The second-order valence-corrected chi connectivity index (χ2v) is 6.32. The van der Waals surface area contributed by atoms with Crippen LogP contribution in [0, 0.1) is 13.8 Å². The van der Waals surface area contributed by atoms with Gasteiger partial charge in [-0.3, -0.25) is 0 Å². The molecule has 0 spiro atoms. The van der Waals surface area contributed by atoms with Crippen molar-refractivity contribution in [1.82, 2.24) is 0 Å². The molecular weight excluding hydrogens is 307 g/mol. The number of benzene rings is 1. The summed E-state index contributed by atoms with van der Waals surface area (Å²) < 4.78 is 38.8. The lowest BCUT2D eigenvalue weighted by Crippen LogP contribution is -2.11. The summed E-state index contributed by atoms with van der Waals surface area (Å²) >= 11 is 7.51. The summed E-state index contributed by atoms with van der Waals surface area (Å²) in [6.45, 7) is 4.24. The molecule has 0 saturated carbocycles. The molecule has 1 N–H and O–H groups in total. The summed E-state index contributed by atoms with van der Waals surface area (Å²) in [7, 11) is 0. The van der Waals surface area contributed by atoms with Gasteiger partial charge < -0.3 is 5.32 Å². The van der Waals surface area contributed by atoms with Crippen LogP contribution in [0.3, 0.4) is 0 Å². The van der Waals surface area contributed by atoms with E-state index in [-0.39, 0.29) is 10.7 Å². The van der Waals surface area contributed by atoms with Gasteiger partial charge in [0.25, 0.3) is 0 Å². The summed E-state index contributed by atoms with van der Waals surface area (Å²) in [5, 5.41) is 2.89. The molecular formula is C14H13ClF3NS. The van der Waals surface area contributed by atoms with Crippen molar-refractivity contribution in [3.63, 3.8) is 0 Å². The summed E-state index contributed by atoms with van der Waals surface area (Å²) in [6, 6.07) is 5.75. The molecule has 0 aliphatic heterocycles. The number of alkyl halides is 3. The molecule has 0 aliphatic rings. The first-order valence-electron chi connectivity index (χ1n) is 5.94. The van der Waals surface area contributed by atoms with Crippen LogP contribution in [0.4, 0.5) is 18.9 Å². The summed E-state index contributed by atoms with van der Waals surface area (Å²) in [4.78, 5) is 2.23. The van der Waals surface area contributed by atoms with Gasteiger partial charge in [-0.2, -0.15) is 13.2 Å². The van der Waals surface area contributed by atoms with Crippen molar-refractivity contribution in [1.29, 1.82) is 0 Å². The van der Waals surface area contributed by atoms with E-state index in [4.69, 9.17) is 11.6 Å². The third-order valence-electron chi connectivity index (χ3n) is 2.92. The molecule has 0 radical (unpaired) electrons. The fourth-order valence-corrected chi connectivity index (χ4v) is 3.17. The first-order chi connectivity index (χ1) is 9.29. The maximum atomic E-state index is 12.9. The van der Waals surface area contributed by atoms with E-state index in [1.165, 1.54) is 12.1 Å². The molecule has 0 amide bonds. The van der Waals surface area contributed by atoms with Crippen LogP contribution in [-0.2, 0) is 12.7 Å². The van der Waals surface area contributed by atoms with Crippen LogP contribution < -0.4 is 5.32 Å². The molecule has 0 aliphatic carbocycles. The van der Waals surface area contributed by atoms with Gasteiger partial charge in [-0.1, -0.05) is 17.7 Å². The predicted octanol–water partition coefficient (Wildman–Crippen LogP) is 5.65. The highest BCUT2D eigenvalue weighted by atomic mass is 35.5. The van der Waals surface area contributed by atoms with E-state index in [1.807, 2.05) is 19.9 Å². The van der Waals surface area contributed by atoms with Crippen molar-refractivity contribution in [2.24, 2.45) is 0 Å². The second kappa shape index (κ2) is 5.66. The van der Waals surface area contributed by atoms with E-state index in [1.54, 1.807) is 11.3 Å². The number of halogens is 4. The maximum absolute atomic E-state index is 12.9. The summed E-state index contributed by atoms with van der Waals surface area (Å²) in [6.07, 6.45) is -4.42. The number of anilines is 1. The third kappa shape index (κ3) is 3.27. The number of hydrogen-bond acceptors (Lipinski definition) is 2. The van der Waals surface area contributed by atoms with Crippen LogP contribution in [-0.4, -0.2) is 0 Å². The minimum Gasteiger partial charge on any atom is -0.379 e. The Bertz CT molecular complexity index is 619. The Hall–Kier alpha value is -1.20. The minimum atomic E-state index is -4.42. The molecule has 108 valence electrons. The van der Waals surface area contributed by atoms with E-state index in [2.05, 4.69) is 5.32 Å². The first kappa shape index (κ1) is 15.2. The van der Waals surface area contributed by atoms with Gasteiger partial charge in [0.15, 0.2) is 0 Å². The molecule has 0 bridgehead atoms. The Morgan fingerprint density at radius 1 is 1.25 bits per heavy atom. The highest BCUT2D eigenvalue weighted by Gasteiger charge is 2.34. The quantitative estimate of drug-likeness (QED) is 0.771. The fraction of sp³-hybridized carbons (Fsp3) is 0.286. The van der Waals surface area contributed by atoms with Crippen LogP contribution in [0.1, 0.15) is 20.9 Å². The number of nitrogens with one attached hydrogen (secondary N) is 1. The van der Waals surface area contributed by atoms with Gasteiger partial charge in [0.2, 0.25) is 0 Å². The molecule has 1 heterocycles. The van der Waals surface area contributed by atoms with Gasteiger partial charge in [-0.25, -0.2) is 0 Å². The zero-order chi connectivity index (χ0) is 14.9. The van der Waals surface area contributed by atoms with Crippen molar-refractivity contribution >= 4 is 28.6 Å². The van der Waals surface area contributed by atoms with E-state index in [0.717, 1.165) is 21.4 Å². The molecule has 2 aromatic rings.